The zero-order valence-corrected chi connectivity index (χ0v) is 20.8. The van der Waals surface area contributed by atoms with Crippen molar-refractivity contribution in [2.75, 3.05) is 18.1 Å². The van der Waals surface area contributed by atoms with Crippen LogP contribution in [0.15, 0.2) is 88.6 Å². The number of hydrogen-bond donors (Lipinski definition) is 0. The number of rotatable bonds is 7. The van der Waals surface area contributed by atoms with Crippen molar-refractivity contribution in [2.24, 2.45) is 0 Å². The van der Waals surface area contributed by atoms with Crippen LogP contribution in [0.4, 0.5) is 5.13 Å². The van der Waals surface area contributed by atoms with E-state index in [1.807, 2.05) is 49.4 Å². The molecule has 0 radical (unpaired) electrons. The van der Waals surface area contributed by atoms with Crippen LogP contribution in [0.3, 0.4) is 0 Å². The van der Waals surface area contributed by atoms with Gasteiger partial charge in [0, 0.05) is 0 Å². The molecular formula is C29H22N2O5S. The van der Waals surface area contributed by atoms with E-state index >= 15 is 0 Å². The minimum Gasteiger partial charge on any atom is -0.494 e. The number of benzene rings is 3. The van der Waals surface area contributed by atoms with E-state index in [1.54, 1.807) is 35.2 Å². The van der Waals surface area contributed by atoms with Gasteiger partial charge in [0.25, 0.3) is 5.91 Å². The molecule has 3 heterocycles. The fourth-order valence-corrected chi connectivity index (χ4v) is 5.61. The van der Waals surface area contributed by atoms with Crippen LogP contribution in [-0.2, 0) is 0 Å². The Kier molecular flexibility index (Phi) is 5.73. The third-order valence-corrected chi connectivity index (χ3v) is 7.22. The van der Waals surface area contributed by atoms with Crippen LogP contribution in [0, 0.1) is 0 Å². The molecular weight excluding hydrogens is 488 g/mol. The molecule has 1 atom stereocenters. The number of aromatic nitrogens is 1. The second-order valence-corrected chi connectivity index (χ2v) is 9.48. The van der Waals surface area contributed by atoms with Gasteiger partial charge in [0.1, 0.15) is 23.7 Å². The van der Waals surface area contributed by atoms with Crippen LogP contribution in [0.1, 0.15) is 34.6 Å². The Bertz CT molecular complexity index is 1720. The van der Waals surface area contributed by atoms with E-state index in [-0.39, 0.29) is 11.2 Å². The Labute approximate surface area is 216 Å². The molecule has 3 aromatic carbocycles. The van der Waals surface area contributed by atoms with Crippen LogP contribution in [0.2, 0.25) is 0 Å². The third-order valence-electron chi connectivity index (χ3n) is 6.21. The third kappa shape index (κ3) is 3.86. The molecule has 1 amide bonds. The van der Waals surface area contributed by atoms with E-state index in [4.69, 9.17) is 18.9 Å². The summed E-state index contributed by atoms with van der Waals surface area (Å²) in [6.07, 6.45) is 1.67. The van der Waals surface area contributed by atoms with Gasteiger partial charge in [0.05, 0.1) is 33.8 Å². The first-order valence-corrected chi connectivity index (χ1v) is 12.7. The van der Waals surface area contributed by atoms with Gasteiger partial charge in [-0.3, -0.25) is 14.5 Å². The molecule has 7 nitrogen and oxygen atoms in total. The summed E-state index contributed by atoms with van der Waals surface area (Å²) in [6.45, 7) is 6.52. The highest BCUT2D eigenvalue weighted by molar-refractivity contribution is 7.22. The highest BCUT2D eigenvalue weighted by atomic mass is 32.1. The van der Waals surface area contributed by atoms with Crippen LogP contribution >= 0.6 is 11.3 Å². The molecule has 5 aromatic rings. The van der Waals surface area contributed by atoms with Gasteiger partial charge >= 0.3 is 0 Å². The number of anilines is 1. The minimum absolute atomic E-state index is 0.0370. The van der Waals surface area contributed by atoms with Crippen molar-refractivity contribution in [3.63, 3.8) is 0 Å². The number of nitrogens with zero attached hydrogens (tertiary/aromatic N) is 2. The second-order valence-electron chi connectivity index (χ2n) is 8.48. The van der Waals surface area contributed by atoms with Crippen molar-refractivity contribution < 1.29 is 18.7 Å². The van der Waals surface area contributed by atoms with Crippen molar-refractivity contribution in [1.82, 2.24) is 4.98 Å². The van der Waals surface area contributed by atoms with Gasteiger partial charge in [-0.25, -0.2) is 4.98 Å². The summed E-state index contributed by atoms with van der Waals surface area (Å²) in [5.74, 6) is 1.03. The first kappa shape index (κ1) is 23.0. The molecule has 0 fully saturated rings. The maximum Gasteiger partial charge on any atom is 0.297 e. The number of para-hydroxylation sites is 1. The highest BCUT2D eigenvalue weighted by Crippen LogP contribution is 2.44. The van der Waals surface area contributed by atoms with Crippen molar-refractivity contribution >= 4 is 43.6 Å². The van der Waals surface area contributed by atoms with Gasteiger partial charge < -0.3 is 13.9 Å². The normalized spacial score (nSPS) is 14.8. The number of carbonyl (C=O) groups is 1. The Balaban J connectivity index is 1.53. The largest absolute Gasteiger partial charge is 0.494 e. The highest BCUT2D eigenvalue weighted by Gasteiger charge is 2.45. The molecule has 184 valence electrons. The second kappa shape index (κ2) is 9.22. The maximum atomic E-state index is 13.8. The summed E-state index contributed by atoms with van der Waals surface area (Å²) in [4.78, 5) is 33.9. The average molecular weight is 511 g/mol. The SMILES string of the molecule is C=CCOc1ccc(C2c3c(oc4ccccc4c3=O)C(=O)N2c2nc3ccc(OCC)cc3s2)cc1. The Morgan fingerprint density at radius 3 is 2.62 bits per heavy atom. The summed E-state index contributed by atoms with van der Waals surface area (Å²) in [5.41, 5.74) is 1.93. The van der Waals surface area contributed by atoms with E-state index in [2.05, 4.69) is 6.58 Å². The molecule has 0 saturated heterocycles. The van der Waals surface area contributed by atoms with Gasteiger partial charge in [-0.05, 0) is 55.0 Å². The lowest BCUT2D eigenvalue weighted by Crippen LogP contribution is -2.29. The number of hydrogen-bond acceptors (Lipinski definition) is 7. The fraction of sp³-hybridized carbons (Fsp3) is 0.138. The monoisotopic (exact) mass is 510 g/mol. The van der Waals surface area contributed by atoms with Gasteiger partial charge in [-0.2, -0.15) is 0 Å². The lowest BCUT2D eigenvalue weighted by atomic mass is 9.98. The summed E-state index contributed by atoms with van der Waals surface area (Å²) in [7, 11) is 0. The molecule has 0 spiro atoms. The molecule has 1 unspecified atom stereocenters. The molecule has 0 aliphatic carbocycles. The molecule has 0 bridgehead atoms. The standard InChI is InChI=1S/C29H22N2O5S/c1-3-15-35-18-11-9-17(10-12-18)25-24-26(32)20-7-5-6-8-22(20)36-27(24)28(33)31(25)29-30-21-14-13-19(34-4-2)16-23(21)37-29/h3,5-14,16,25H,1,4,15H2,2H3. The summed E-state index contributed by atoms with van der Waals surface area (Å²) in [5, 5.41) is 0.901. The topological polar surface area (TPSA) is 81.9 Å². The number of carbonyl (C=O) groups excluding carboxylic acids is 1. The van der Waals surface area contributed by atoms with Crippen molar-refractivity contribution in [1.29, 1.82) is 0 Å². The molecule has 37 heavy (non-hydrogen) atoms. The van der Waals surface area contributed by atoms with Crippen molar-refractivity contribution in [3.8, 4) is 11.5 Å². The summed E-state index contributed by atoms with van der Waals surface area (Å²) >= 11 is 1.37. The zero-order valence-electron chi connectivity index (χ0n) is 20.0. The molecule has 0 saturated carbocycles. The van der Waals surface area contributed by atoms with Crippen molar-refractivity contribution in [3.05, 3.63) is 106 Å². The van der Waals surface area contributed by atoms with Crippen LogP contribution in [-0.4, -0.2) is 24.1 Å². The van der Waals surface area contributed by atoms with Gasteiger partial charge in [-0.1, -0.05) is 48.3 Å². The summed E-state index contributed by atoms with van der Waals surface area (Å²) < 4.78 is 18.2. The lowest BCUT2D eigenvalue weighted by Gasteiger charge is -2.22. The molecule has 0 N–H and O–H groups in total. The van der Waals surface area contributed by atoms with Gasteiger partial charge in [0.2, 0.25) is 5.76 Å². The average Bonchev–Trinajstić information content (AvgIpc) is 3.46. The van der Waals surface area contributed by atoms with E-state index in [1.165, 1.54) is 11.3 Å². The molecule has 1 aliphatic heterocycles. The molecule has 1 aliphatic rings. The first-order valence-electron chi connectivity index (χ1n) is 11.9. The zero-order chi connectivity index (χ0) is 25.5. The number of ether oxygens (including phenoxy) is 2. The van der Waals surface area contributed by atoms with Crippen LogP contribution in [0.25, 0.3) is 21.2 Å². The van der Waals surface area contributed by atoms with Crippen LogP contribution in [0.5, 0.6) is 11.5 Å². The Hall–Kier alpha value is -4.43. The molecule has 2 aromatic heterocycles. The van der Waals surface area contributed by atoms with E-state index in [9.17, 15) is 9.59 Å². The maximum absolute atomic E-state index is 13.8. The van der Waals surface area contributed by atoms with Crippen molar-refractivity contribution in [2.45, 2.75) is 13.0 Å². The number of amides is 1. The smallest absolute Gasteiger partial charge is 0.297 e. The number of fused-ring (bicyclic) bond motifs is 3. The fourth-order valence-electron chi connectivity index (χ4n) is 4.59. The van der Waals surface area contributed by atoms with E-state index < -0.39 is 11.9 Å². The van der Waals surface area contributed by atoms with E-state index in [0.717, 1.165) is 21.5 Å². The molecule has 6 rings (SSSR count). The predicted molar refractivity (Wildman–Crippen MR) is 144 cm³/mol. The van der Waals surface area contributed by atoms with E-state index in [0.29, 0.717) is 40.6 Å². The van der Waals surface area contributed by atoms with Gasteiger partial charge in [0.15, 0.2) is 10.6 Å². The first-order chi connectivity index (χ1) is 18.1. The Morgan fingerprint density at radius 1 is 1.05 bits per heavy atom. The van der Waals surface area contributed by atoms with Gasteiger partial charge in [-0.15, -0.1) is 0 Å². The lowest BCUT2D eigenvalue weighted by molar-refractivity contribution is 0.0971. The number of thiazole rings is 1. The molecule has 8 heteroatoms. The Morgan fingerprint density at radius 2 is 1.84 bits per heavy atom. The minimum atomic E-state index is -0.705. The van der Waals surface area contributed by atoms with Crippen LogP contribution < -0.4 is 19.8 Å². The quantitative estimate of drug-likeness (QED) is 0.246. The predicted octanol–water partition coefficient (Wildman–Crippen LogP) is 6.12. The summed E-state index contributed by atoms with van der Waals surface area (Å²) in [6, 6.07) is 19.2.